The number of fused-ring (bicyclic) bond motifs is 1. The molecule has 0 fully saturated rings. The summed E-state index contributed by atoms with van der Waals surface area (Å²) in [6.45, 7) is 1.86. The molecule has 0 unspecified atom stereocenters. The van der Waals surface area contributed by atoms with Crippen molar-refractivity contribution in [3.8, 4) is 11.5 Å². The molecule has 10 heteroatoms. The molecule has 0 N–H and O–H groups in total. The molecule has 0 bridgehead atoms. The van der Waals surface area contributed by atoms with Crippen LogP contribution < -0.4 is 15.0 Å². The minimum atomic E-state index is -0.301. The molecule has 0 saturated carbocycles. The highest BCUT2D eigenvalue weighted by molar-refractivity contribution is 9.10. The topological polar surface area (TPSA) is 65.7 Å². The van der Waals surface area contributed by atoms with Crippen LogP contribution in [0, 0.1) is 6.92 Å². The summed E-state index contributed by atoms with van der Waals surface area (Å²) in [5, 5.41) is 6.24. The summed E-state index contributed by atoms with van der Waals surface area (Å²) in [7, 11) is 1.51. The second-order valence-electron chi connectivity index (χ2n) is 7.23. The number of ether oxygens (including phenoxy) is 2. The van der Waals surface area contributed by atoms with Crippen LogP contribution in [-0.4, -0.2) is 23.0 Å². The third-order valence-corrected chi connectivity index (χ3v) is 6.24. The molecule has 3 aromatic carbocycles. The molecular formula is C24H17BrCl3N3O3. The van der Waals surface area contributed by atoms with Gasteiger partial charge in [-0.25, -0.2) is 4.98 Å². The number of benzene rings is 3. The predicted molar refractivity (Wildman–Crippen MR) is 140 cm³/mol. The van der Waals surface area contributed by atoms with Gasteiger partial charge in [-0.2, -0.15) is 9.78 Å². The summed E-state index contributed by atoms with van der Waals surface area (Å²) < 4.78 is 13.5. The zero-order valence-electron chi connectivity index (χ0n) is 18.0. The third-order valence-electron chi connectivity index (χ3n) is 4.94. The van der Waals surface area contributed by atoms with Gasteiger partial charge in [0.1, 0.15) is 12.4 Å². The van der Waals surface area contributed by atoms with Gasteiger partial charge < -0.3 is 9.47 Å². The summed E-state index contributed by atoms with van der Waals surface area (Å²) in [5.41, 5.74) is 1.53. The van der Waals surface area contributed by atoms with Gasteiger partial charge in [0.2, 0.25) is 0 Å². The van der Waals surface area contributed by atoms with Gasteiger partial charge in [-0.1, -0.05) is 56.8 Å². The van der Waals surface area contributed by atoms with Crippen molar-refractivity contribution in [3.05, 3.63) is 95.4 Å². The van der Waals surface area contributed by atoms with Crippen molar-refractivity contribution in [2.75, 3.05) is 7.11 Å². The zero-order valence-corrected chi connectivity index (χ0v) is 21.8. The lowest BCUT2D eigenvalue weighted by atomic mass is 10.2. The first-order valence-corrected chi connectivity index (χ1v) is 11.9. The molecule has 0 aliphatic heterocycles. The minimum Gasteiger partial charge on any atom is -0.493 e. The van der Waals surface area contributed by atoms with Crippen LogP contribution in [0.25, 0.3) is 10.9 Å². The van der Waals surface area contributed by atoms with Crippen molar-refractivity contribution in [2.24, 2.45) is 5.10 Å². The molecule has 174 valence electrons. The molecule has 4 rings (SSSR count). The Bertz CT molecular complexity index is 1490. The number of aryl methyl sites for hydroxylation is 1. The summed E-state index contributed by atoms with van der Waals surface area (Å²) in [6.07, 6.45) is 1.48. The Balaban J connectivity index is 1.74. The minimum absolute atomic E-state index is 0.152. The molecule has 34 heavy (non-hydrogen) atoms. The van der Waals surface area contributed by atoms with Gasteiger partial charge in [0.25, 0.3) is 5.56 Å². The predicted octanol–water partition coefficient (Wildman–Crippen LogP) is 6.90. The lowest BCUT2D eigenvalue weighted by molar-refractivity contribution is 0.284. The summed E-state index contributed by atoms with van der Waals surface area (Å²) >= 11 is 21.9. The average molecular weight is 582 g/mol. The lowest BCUT2D eigenvalue weighted by Gasteiger charge is -2.15. The smallest absolute Gasteiger partial charge is 0.282 e. The molecule has 0 aliphatic rings. The van der Waals surface area contributed by atoms with E-state index in [0.717, 1.165) is 10.0 Å². The van der Waals surface area contributed by atoms with Crippen molar-refractivity contribution in [1.29, 1.82) is 0 Å². The van der Waals surface area contributed by atoms with E-state index in [4.69, 9.17) is 44.3 Å². The summed E-state index contributed by atoms with van der Waals surface area (Å²) in [4.78, 5) is 17.5. The monoisotopic (exact) mass is 579 g/mol. The maximum atomic E-state index is 13.1. The molecular weight excluding hydrogens is 565 g/mol. The second-order valence-corrected chi connectivity index (χ2v) is 9.43. The van der Waals surface area contributed by atoms with E-state index in [1.54, 1.807) is 49.4 Å². The SMILES string of the molecule is COc1cc(Cl)cc(C=Nn2c(C)nc3ccc(Br)cc3c2=O)c1OCc1ccc(Cl)cc1Cl. The molecule has 6 nitrogen and oxygen atoms in total. The van der Waals surface area contributed by atoms with Crippen LogP contribution in [-0.2, 0) is 6.61 Å². The van der Waals surface area contributed by atoms with Crippen molar-refractivity contribution < 1.29 is 9.47 Å². The fourth-order valence-electron chi connectivity index (χ4n) is 3.30. The van der Waals surface area contributed by atoms with E-state index in [9.17, 15) is 4.79 Å². The zero-order chi connectivity index (χ0) is 24.4. The van der Waals surface area contributed by atoms with E-state index in [0.29, 0.717) is 48.9 Å². The first-order valence-electron chi connectivity index (χ1n) is 9.94. The van der Waals surface area contributed by atoms with Crippen LogP contribution in [0.2, 0.25) is 15.1 Å². The van der Waals surface area contributed by atoms with E-state index in [1.165, 1.54) is 18.0 Å². The third kappa shape index (κ3) is 5.23. The quantitative estimate of drug-likeness (QED) is 0.233. The van der Waals surface area contributed by atoms with E-state index in [2.05, 4.69) is 26.0 Å². The van der Waals surface area contributed by atoms with Crippen LogP contribution in [0.1, 0.15) is 17.0 Å². The van der Waals surface area contributed by atoms with Gasteiger partial charge in [-0.05, 0) is 43.3 Å². The molecule has 0 saturated heterocycles. The fraction of sp³-hybridized carbons (Fsp3) is 0.125. The maximum absolute atomic E-state index is 13.1. The van der Waals surface area contributed by atoms with Crippen LogP contribution in [0.3, 0.4) is 0 Å². The van der Waals surface area contributed by atoms with Crippen LogP contribution in [0.15, 0.2) is 62.9 Å². The highest BCUT2D eigenvalue weighted by Crippen LogP contribution is 2.35. The van der Waals surface area contributed by atoms with Gasteiger partial charge >= 0.3 is 0 Å². The van der Waals surface area contributed by atoms with Crippen molar-refractivity contribution in [1.82, 2.24) is 9.66 Å². The fourth-order valence-corrected chi connectivity index (χ4v) is 4.34. The molecule has 0 spiro atoms. The molecule has 0 aliphatic carbocycles. The number of hydrogen-bond acceptors (Lipinski definition) is 5. The Morgan fingerprint density at radius 2 is 1.88 bits per heavy atom. The van der Waals surface area contributed by atoms with Crippen LogP contribution in [0.5, 0.6) is 11.5 Å². The number of halogens is 4. The van der Waals surface area contributed by atoms with Crippen molar-refractivity contribution in [3.63, 3.8) is 0 Å². The van der Waals surface area contributed by atoms with E-state index in [-0.39, 0.29) is 12.2 Å². The summed E-state index contributed by atoms with van der Waals surface area (Å²) in [5.74, 6) is 1.23. The van der Waals surface area contributed by atoms with Crippen LogP contribution in [0.4, 0.5) is 0 Å². The first-order chi connectivity index (χ1) is 16.3. The highest BCUT2D eigenvalue weighted by atomic mass is 79.9. The molecule has 1 heterocycles. The Morgan fingerprint density at radius 3 is 2.62 bits per heavy atom. The number of methoxy groups -OCH3 is 1. The highest BCUT2D eigenvalue weighted by Gasteiger charge is 2.14. The van der Waals surface area contributed by atoms with Gasteiger partial charge in [-0.3, -0.25) is 4.79 Å². The van der Waals surface area contributed by atoms with E-state index < -0.39 is 0 Å². The van der Waals surface area contributed by atoms with Gasteiger partial charge in [0.15, 0.2) is 11.5 Å². The molecule has 4 aromatic rings. The number of nitrogens with zero attached hydrogens (tertiary/aromatic N) is 3. The lowest BCUT2D eigenvalue weighted by Crippen LogP contribution is -2.20. The van der Waals surface area contributed by atoms with Crippen molar-refractivity contribution >= 4 is 67.9 Å². The first kappa shape index (κ1) is 24.5. The molecule has 1 aromatic heterocycles. The molecule has 0 amide bonds. The van der Waals surface area contributed by atoms with E-state index in [1.807, 2.05) is 6.07 Å². The Kier molecular flexibility index (Phi) is 7.48. The number of aromatic nitrogens is 2. The number of rotatable bonds is 6. The average Bonchev–Trinajstić information content (AvgIpc) is 2.79. The van der Waals surface area contributed by atoms with Gasteiger partial charge in [0, 0.05) is 36.7 Å². The second kappa shape index (κ2) is 10.4. The largest absolute Gasteiger partial charge is 0.493 e. The maximum Gasteiger partial charge on any atom is 0.282 e. The number of hydrogen-bond donors (Lipinski definition) is 0. The van der Waals surface area contributed by atoms with E-state index >= 15 is 0 Å². The Labute approximate surface area is 218 Å². The summed E-state index contributed by atoms with van der Waals surface area (Å²) in [6, 6.07) is 13.8. The van der Waals surface area contributed by atoms with Crippen LogP contribution >= 0.6 is 50.7 Å². The molecule has 0 radical (unpaired) electrons. The normalized spacial score (nSPS) is 11.4. The standard InChI is InChI=1S/C24H17BrCl3N3O3/c1-13-30-21-6-4-16(25)8-19(21)24(32)31(13)29-11-15-7-18(27)10-22(33-2)23(15)34-12-14-3-5-17(26)9-20(14)28/h3-11H,12H2,1-2H3. The van der Waals surface area contributed by atoms with Gasteiger partial charge in [0.05, 0.1) is 24.2 Å². The van der Waals surface area contributed by atoms with Gasteiger partial charge in [-0.15, -0.1) is 0 Å². The molecule has 0 atom stereocenters. The van der Waals surface area contributed by atoms with Crippen molar-refractivity contribution in [2.45, 2.75) is 13.5 Å². The Hall–Kier alpha value is -2.58. The Morgan fingerprint density at radius 1 is 1.09 bits per heavy atom.